The molecular weight excluding hydrogens is 417 g/mol. The van der Waals surface area contributed by atoms with Gasteiger partial charge in [-0.05, 0) is 70.7 Å². The minimum absolute atomic E-state index is 0.109. The number of Topliss-reactive ketones (excluding diaryl/α,β-unsaturated/α-hetero) is 1. The lowest BCUT2D eigenvalue weighted by atomic mass is 9.88. The molecule has 1 aromatic carbocycles. The predicted octanol–water partition coefficient (Wildman–Crippen LogP) is 6.50. The average Bonchev–Trinajstić information content (AvgIpc) is 3.12. The first-order chi connectivity index (χ1) is 14.8. The van der Waals surface area contributed by atoms with Gasteiger partial charge in [-0.3, -0.25) is 15.1 Å². The minimum atomic E-state index is -4.39. The number of ketones is 1. The Morgan fingerprint density at radius 2 is 1.88 bits per heavy atom. The molecule has 4 nitrogen and oxygen atoms in total. The van der Waals surface area contributed by atoms with Gasteiger partial charge in [0, 0.05) is 5.56 Å². The summed E-state index contributed by atoms with van der Waals surface area (Å²) in [6.07, 6.45) is 0.382. The molecule has 2 heterocycles. The van der Waals surface area contributed by atoms with E-state index in [0.29, 0.717) is 16.9 Å². The van der Waals surface area contributed by atoms with Gasteiger partial charge in [-0.15, -0.1) is 0 Å². The smallest absolute Gasteiger partial charge is 0.416 e. The second-order valence-electron chi connectivity index (χ2n) is 9.52. The summed E-state index contributed by atoms with van der Waals surface area (Å²) < 4.78 is 45.1. The van der Waals surface area contributed by atoms with Crippen molar-refractivity contribution in [2.75, 3.05) is 0 Å². The molecule has 1 aliphatic rings. The molecule has 2 aromatic rings. The summed E-state index contributed by atoms with van der Waals surface area (Å²) in [5.74, 6) is 0.628. The number of carbonyl (C=O) groups is 1. The van der Waals surface area contributed by atoms with Crippen LogP contribution in [-0.2, 0) is 11.0 Å². The van der Waals surface area contributed by atoms with E-state index in [4.69, 9.17) is 4.74 Å². The van der Waals surface area contributed by atoms with Crippen LogP contribution in [0.3, 0.4) is 0 Å². The lowest BCUT2D eigenvalue weighted by molar-refractivity contribution is -0.137. The highest BCUT2D eigenvalue weighted by atomic mass is 19.4. The molecule has 174 valence electrons. The zero-order valence-corrected chi connectivity index (χ0v) is 19.3. The molecule has 0 bridgehead atoms. The SMILES string of the molecule is CCC[C@@]1(C(C)=O)CC[C@@H](c2cc(-c3ccc(C(F)(F)F)cc3)c(OC(C)(C)C)cn2)N1. The third-order valence-corrected chi connectivity index (χ3v) is 5.85. The van der Waals surface area contributed by atoms with Gasteiger partial charge in [0.25, 0.3) is 0 Å². The molecular formula is C25H31F3N2O2. The average molecular weight is 449 g/mol. The van der Waals surface area contributed by atoms with Crippen molar-refractivity contribution >= 4 is 5.78 Å². The Labute approximate surface area is 187 Å². The lowest BCUT2D eigenvalue weighted by Crippen LogP contribution is -2.46. The Balaban J connectivity index is 2.00. The van der Waals surface area contributed by atoms with E-state index in [0.717, 1.165) is 43.5 Å². The van der Waals surface area contributed by atoms with E-state index in [2.05, 4.69) is 17.2 Å². The van der Waals surface area contributed by atoms with E-state index in [1.165, 1.54) is 12.1 Å². The van der Waals surface area contributed by atoms with E-state index in [1.807, 2.05) is 26.8 Å². The summed E-state index contributed by atoms with van der Waals surface area (Å²) in [5, 5.41) is 3.49. The monoisotopic (exact) mass is 448 g/mol. The molecule has 2 atom stereocenters. The number of pyridine rings is 1. The molecule has 0 saturated carbocycles. The van der Waals surface area contributed by atoms with Crippen molar-refractivity contribution < 1.29 is 22.7 Å². The van der Waals surface area contributed by atoms with Crippen molar-refractivity contribution in [2.45, 2.75) is 83.7 Å². The number of benzene rings is 1. The van der Waals surface area contributed by atoms with Crippen LogP contribution in [0.15, 0.2) is 36.5 Å². The largest absolute Gasteiger partial charge is 0.486 e. The molecule has 0 radical (unpaired) electrons. The zero-order valence-electron chi connectivity index (χ0n) is 19.3. The number of alkyl halides is 3. The van der Waals surface area contributed by atoms with Gasteiger partial charge in [-0.2, -0.15) is 13.2 Å². The van der Waals surface area contributed by atoms with Crippen LogP contribution in [0.5, 0.6) is 5.75 Å². The van der Waals surface area contributed by atoms with E-state index in [1.54, 1.807) is 13.1 Å². The fourth-order valence-electron chi connectivity index (χ4n) is 4.29. The van der Waals surface area contributed by atoms with Crippen LogP contribution in [0.25, 0.3) is 11.1 Å². The van der Waals surface area contributed by atoms with E-state index in [9.17, 15) is 18.0 Å². The number of hydrogen-bond donors (Lipinski definition) is 1. The van der Waals surface area contributed by atoms with Gasteiger partial charge in [0.05, 0.1) is 29.0 Å². The van der Waals surface area contributed by atoms with Crippen LogP contribution in [0.1, 0.15) is 77.6 Å². The third-order valence-electron chi connectivity index (χ3n) is 5.85. The summed E-state index contributed by atoms with van der Waals surface area (Å²) >= 11 is 0. The van der Waals surface area contributed by atoms with Crippen LogP contribution < -0.4 is 10.1 Å². The minimum Gasteiger partial charge on any atom is -0.486 e. The Morgan fingerprint density at radius 1 is 1.22 bits per heavy atom. The maximum absolute atomic E-state index is 13.0. The Morgan fingerprint density at radius 3 is 2.41 bits per heavy atom. The molecule has 3 rings (SSSR count). The summed E-state index contributed by atoms with van der Waals surface area (Å²) in [7, 11) is 0. The summed E-state index contributed by atoms with van der Waals surface area (Å²) in [6, 6.07) is 6.82. The van der Waals surface area contributed by atoms with Gasteiger partial charge in [-0.1, -0.05) is 25.5 Å². The zero-order chi connectivity index (χ0) is 23.7. The number of aromatic nitrogens is 1. The van der Waals surface area contributed by atoms with Gasteiger partial charge in [-0.25, -0.2) is 0 Å². The summed E-state index contributed by atoms with van der Waals surface area (Å²) in [6.45, 7) is 9.39. The molecule has 1 fully saturated rings. The number of rotatable bonds is 6. The van der Waals surface area contributed by atoms with Crippen LogP contribution in [0, 0.1) is 0 Å². The molecule has 32 heavy (non-hydrogen) atoms. The number of nitrogens with zero attached hydrogens (tertiary/aromatic N) is 1. The number of nitrogens with one attached hydrogen (secondary N) is 1. The van der Waals surface area contributed by atoms with Crippen molar-refractivity contribution in [3.8, 4) is 16.9 Å². The molecule has 0 unspecified atom stereocenters. The molecule has 0 amide bonds. The first-order valence-electron chi connectivity index (χ1n) is 11.0. The molecule has 1 saturated heterocycles. The van der Waals surface area contributed by atoms with E-state index in [-0.39, 0.29) is 11.8 Å². The van der Waals surface area contributed by atoms with Crippen LogP contribution in [0.2, 0.25) is 0 Å². The van der Waals surface area contributed by atoms with Crippen molar-refractivity contribution in [3.63, 3.8) is 0 Å². The highest BCUT2D eigenvalue weighted by molar-refractivity contribution is 5.86. The third kappa shape index (κ3) is 5.31. The van der Waals surface area contributed by atoms with Crippen molar-refractivity contribution in [2.24, 2.45) is 0 Å². The summed E-state index contributed by atoms with van der Waals surface area (Å²) in [4.78, 5) is 16.9. The maximum atomic E-state index is 13.0. The fraction of sp³-hybridized carbons (Fsp3) is 0.520. The van der Waals surface area contributed by atoms with Gasteiger partial charge in [0.1, 0.15) is 17.1 Å². The summed E-state index contributed by atoms with van der Waals surface area (Å²) in [5.41, 5.74) is 0.301. The molecule has 0 spiro atoms. The molecule has 1 N–H and O–H groups in total. The quantitative estimate of drug-likeness (QED) is 0.548. The maximum Gasteiger partial charge on any atom is 0.416 e. The first kappa shape index (κ1) is 24.2. The van der Waals surface area contributed by atoms with Gasteiger partial charge in [0.2, 0.25) is 0 Å². The standard InChI is InChI=1S/C25H31F3N2O2/c1-6-12-24(16(2)31)13-11-20(30-24)21-14-19(22(15-29-21)32-23(3,4)5)17-7-9-18(10-8-17)25(26,27)28/h7-10,14-15,20,30H,6,11-13H2,1-5H3/t20-,24-/m0/s1. The van der Waals surface area contributed by atoms with Crippen LogP contribution in [0.4, 0.5) is 13.2 Å². The number of carbonyl (C=O) groups excluding carboxylic acids is 1. The number of halogens is 3. The van der Waals surface area contributed by atoms with E-state index >= 15 is 0 Å². The molecule has 0 aliphatic carbocycles. The van der Waals surface area contributed by atoms with Crippen molar-refractivity contribution in [1.29, 1.82) is 0 Å². The highest BCUT2D eigenvalue weighted by Gasteiger charge is 2.42. The Kier molecular flexibility index (Phi) is 6.70. The highest BCUT2D eigenvalue weighted by Crippen LogP contribution is 2.40. The second-order valence-corrected chi connectivity index (χ2v) is 9.52. The molecule has 7 heteroatoms. The topological polar surface area (TPSA) is 51.2 Å². The first-order valence-corrected chi connectivity index (χ1v) is 11.0. The van der Waals surface area contributed by atoms with Crippen molar-refractivity contribution in [1.82, 2.24) is 10.3 Å². The second kappa shape index (κ2) is 8.85. The van der Waals surface area contributed by atoms with E-state index < -0.39 is 22.9 Å². The van der Waals surface area contributed by atoms with Crippen LogP contribution in [-0.4, -0.2) is 21.9 Å². The lowest BCUT2D eigenvalue weighted by Gasteiger charge is -2.28. The van der Waals surface area contributed by atoms with Gasteiger partial charge >= 0.3 is 6.18 Å². The molecule has 1 aromatic heterocycles. The van der Waals surface area contributed by atoms with Gasteiger partial charge in [0.15, 0.2) is 0 Å². The Bertz CT molecular complexity index is 965. The molecule has 1 aliphatic heterocycles. The van der Waals surface area contributed by atoms with Gasteiger partial charge < -0.3 is 4.74 Å². The predicted molar refractivity (Wildman–Crippen MR) is 118 cm³/mol. The van der Waals surface area contributed by atoms with Crippen molar-refractivity contribution in [3.05, 3.63) is 47.8 Å². The number of hydrogen-bond acceptors (Lipinski definition) is 4. The Hall–Kier alpha value is -2.41. The van der Waals surface area contributed by atoms with Crippen LogP contribution >= 0.6 is 0 Å². The fourth-order valence-corrected chi connectivity index (χ4v) is 4.29. The number of ether oxygens (including phenoxy) is 1. The normalized spacial score (nSPS) is 21.6.